The van der Waals surface area contributed by atoms with E-state index in [1.165, 1.54) is 33.6 Å². The van der Waals surface area contributed by atoms with Crippen LogP contribution in [0.4, 0.5) is 0 Å². The summed E-state index contributed by atoms with van der Waals surface area (Å²) in [5.41, 5.74) is 2.32. The number of fused-ring (bicyclic) bond motifs is 2. The molecule has 1 N–H and O–H groups in total. The number of thiophene rings is 1. The molecule has 0 radical (unpaired) electrons. The van der Waals surface area contributed by atoms with Crippen molar-refractivity contribution in [3.63, 3.8) is 0 Å². The molecule has 1 aromatic carbocycles. The number of rotatable bonds is 5. The summed E-state index contributed by atoms with van der Waals surface area (Å²) < 4.78 is 5.51. The number of nitrogens with one attached hydrogen (secondary N) is 1. The zero-order valence-corrected chi connectivity index (χ0v) is 23.4. The number of nitriles is 1. The Labute approximate surface area is 237 Å². The predicted molar refractivity (Wildman–Crippen MR) is 156 cm³/mol. The average Bonchev–Trinajstić information content (AvgIpc) is 3.53. The largest absolute Gasteiger partial charge is 0.345 e. The van der Waals surface area contributed by atoms with Crippen molar-refractivity contribution in [1.29, 1.82) is 5.26 Å². The molecule has 0 amide bonds. The average molecular weight is 580 g/mol. The Balaban J connectivity index is 1.48. The van der Waals surface area contributed by atoms with E-state index in [2.05, 4.69) is 20.9 Å². The molecular weight excluding hydrogens is 555 g/mol. The third-order valence-electron chi connectivity index (χ3n) is 7.51. The smallest absolute Gasteiger partial charge is 0.332 e. The van der Waals surface area contributed by atoms with Gasteiger partial charge in [-0.3, -0.25) is 18.9 Å². The number of piperidine rings is 1. The van der Waals surface area contributed by atoms with Crippen molar-refractivity contribution in [2.24, 2.45) is 12.5 Å². The number of halogens is 2. The fraction of sp³-hybridized carbons (Fsp3) is 0.286. The minimum atomic E-state index is -0.475. The summed E-state index contributed by atoms with van der Waals surface area (Å²) in [5, 5.41) is 15.2. The Hall–Kier alpha value is -3.42. The van der Waals surface area contributed by atoms with E-state index in [4.69, 9.17) is 23.2 Å². The summed E-state index contributed by atoms with van der Waals surface area (Å²) in [7, 11) is 1.53. The third-order valence-corrected chi connectivity index (χ3v) is 9.23. The van der Waals surface area contributed by atoms with E-state index in [1.54, 1.807) is 6.20 Å². The van der Waals surface area contributed by atoms with Gasteiger partial charge in [0.2, 0.25) is 0 Å². The molecule has 0 saturated carbocycles. The van der Waals surface area contributed by atoms with Crippen LogP contribution in [-0.4, -0.2) is 31.8 Å². The van der Waals surface area contributed by atoms with Crippen molar-refractivity contribution in [3.8, 4) is 17.2 Å². The molecule has 5 heterocycles. The Morgan fingerprint density at radius 3 is 2.69 bits per heavy atom. The SMILES string of the molecule is Cn1c(Cl)cc(=O)n(Cc2cc3nccc(-c4cc(Cl)cc5ccn(CC6(C#N)CCNCC6)c45)c3s2)c1=O. The van der Waals surface area contributed by atoms with Crippen LogP contribution in [0.5, 0.6) is 0 Å². The van der Waals surface area contributed by atoms with Gasteiger partial charge in [-0.05, 0) is 56.3 Å². The van der Waals surface area contributed by atoms with E-state index < -0.39 is 16.7 Å². The topological polar surface area (TPSA) is 97.6 Å². The predicted octanol–water partition coefficient (Wildman–Crippen LogP) is 5.03. The minimum absolute atomic E-state index is 0.0946. The first-order valence-corrected chi connectivity index (χ1v) is 14.1. The first-order valence-electron chi connectivity index (χ1n) is 12.5. The summed E-state index contributed by atoms with van der Waals surface area (Å²) in [5.74, 6) is 0. The van der Waals surface area contributed by atoms with Gasteiger partial charge in [-0.25, -0.2) is 4.79 Å². The molecular formula is C28H24Cl2N6O2S. The molecule has 5 aromatic rings. The highest BCUT2D eigenvalue weighted by Gasteiger charge is 2.33. The normalized spacial score (nSPS) is 15.1. The van der Waals surface area contributed by atoms with Crippen LogP contribution in [0.1, 0.15) is 17.7 Å². The van der Waals surface area contributed by atoms with E-state index >= 15 is 0 Å². The lowest BCUT2D eigenvalue weighted by Gasteiger charge is -2.32. The summed E-state index contributed by atoms with van der Waals surface area (Å²) in [6, 6.07) is 13.7. The van der Waals surface area contributed by atoms with E-state index in [0.717, 1.165) is 63.1 Å². The highest BCUT2D eigenvalue weighted by molar-refractivity contribution is 7.19. The van der Waals surface area contributed by atoms with Crippen molar-refractivity contribution in [2.75, 3.05) is 13.1 Å². The summed E-state index contributed by atoms with van der Waals surface area (Å²) in [4.78, 5) is 30.6. The van der Waals surface area contributed by atoms with E-state index in [0.29, 0.717) is 11.6 Å². The maximum Gasteiger partial charge on any atom is 0.332 e. The molecule has 1 saturated heterocycles. The van der Waals surface area contributed by atoms with Gasteiger partial charge in [-0.2, -0.15) is 5.26 Å². The molecule has 0 unspecified atom stereocenters. The Kier molecular flexibility index (Phi) is 6.60. The molecule has 39 heavy (non-hydrogen) atoms. The molecule has 11 heteroatoms. The number of benzene rings is 1. The van der Waals surface area contributed by atoms with Crippen LogP contribution in [0.3, 0.4) is 0 Å². The summed E-state index contributed by atoms with van der Waals surface area (Å²) in [6.45, 7) is 2.36. The van der Waals surface area contributed by atoms with Crippen LogP contribution in [0.2, 0.25) is 10.2 Å². The van der Waals surface area contributed by atoms with Crippen molar-refractivity contribution >= 4 is 55.7 Å². The summed E-state index contributed by atoms with van der Waals surface area (Å²) >= 11 is 14.1. The van der Waals surface area contributed by atoms with Gasteiger partial charge in [0.15, 0.2) is 0 Å². The van der Waals surface area contributed by atoms with Crippen LogP contribution >= 0.6 is 34.5 Å². The number of hydrogen-bond acceptors (Lipinski definition) is 6. The number of aromatic nitrogens is 4. The molecule has 8 nitrogen and oxygen atoms in total. The van der Waals surface area contributed by atoms with Crippen LogP contribution in [0.15, 0.2) is 58.4 Å². The summed E-state index contributed by atoms with van der Waals surface area (Å²) in [6.07, 6.45) is 5.38. The second kappa shape index (κ2) is 9.96. The molecule has 1 aliphatic rings. The quantitative estimate of drug-likeness (QED) is 0.295. The van der Waals surface area contributed by atoms with Crippen LogP contribution in [-0.2, 0) is 20.1 Å². The van der Waals surface area contributed by atoms with Gasteiger partial charge in [0.1, 0.15) is 5.15 Å². The number of nitrogens with zero attached hydrogens (tertiary/aromatic N) is 5. The van der Waals surface area contributed by atoms with Crippen molar-refractivity contribution in [1.82, 2.24) is 24.0 Å². The molecule has 1 aliphatic heterocycles. The van der Waals surface area contributed by atoms with E-state index in [9.17, 15) is 14.9 Å². The standard InChI is InChI=1S/C28H24Cl2N6O2S/c1-34-23(30)13-24(37)36(27(34)38)14-19-12-22-26(39-19)20(2-6-33-22)21-11-18(29)10-17-3-9-35(25(17)21)16-28(15-31)4-7-32-8-5-28/h2-3,6,9-13,32H,4-5,7-8,14,16H2,1H3. The molecule has 0 spiro atoms. The van der Waals surface area contributed by atoms with Crippen molar-refractivity contribution < 1.29 is 0 Å². The Morgan fingerprint density at radius 2 is 1.92 bits per heavy atom. The maximum atomic E-state index is 12.7. The minimum Gasteiger partial charge on any atom is -0.345 e. The van der Waals surface area contributed by atoms with Crippen molar-refractivity contribution in [3.05, 3.63) is 84.7 Å². The lowest BCUT2D eigenvalue weighted by Crippen LogP contribution is -2.38. The van der Waals surface area contributed by atoms with Crippen molar-refractivity contribution in [2.45, 2.75) is 25.9 Å². The highest BCUT2D eigenvalue weighted by atomic mass is 35.5. The maximum absolute atomic E-state index is 12.7. The highest BCUT2D eigenvalue weighted by Crippen LogP contribution is 2.40. The lowest BCUT2D eigenvalue weighted by molar-refractivity contribution is 0.247. The number of hydrogen-bond donors (Lipinski definition) is 1. The van der Waals surface area contributed by atoms with Gasteiger partial charge < -0.3 is 9.88 Å². The van der Waals surface area contributed by atoms with Gasteiger partial charge in [0, 0.05) is 58.5 Å². The van der Waals surface area contributed by atoms with Gasteiger partial charge in [-0.1, -0.05) is 23.2 Å². The molecule has 0 atom stereocenters. The van der Waals surface area contributed by atoms with Gasteiger partial charge in [0.25, 0.3) is 5.56 Å². The zero-order chi connectivity index (χ0) is 27.3. The zero-order valence-electron chi connectivity index (χ0n) is 21.1. The fourth-order valence-corrected chi connectivity index (χ4v) is 6.93. The first-order chi connectivity index (χ1) is 18.8. The Morgan fingerprint density at radius 1 is 1.13 bits per heavy atom. The van der Waals surface area contributed by atoms with E-state index in [-0.39, 0.29) is 11.7 Å². The second-order valence-corrected chi connectivity index (χ2v) is 12.0. The number of pyridine rings is 1. The molecule has 0 aliphatic carbocycles. The fourth-order valence-electron chi connectivity index (χ4n) is 5.41. The van der Waals surface area contributed by atoms with Crippen LogP contribution in [0, 0.1) is 16.7 Å². The first kappa shape index (κ1) is 25.8. The van der Waals surface area contributed by atoms with E-state index in [1.807, 2.05) is 36.5 Å². The Bertz CT molecular complexity index is 1910. The van der Waals surface area contributed by atoms with Gasteiger partial charge in [0.05, 0.1) is 33.8 Å². The third kappa shape index (κ3) is 4.57. The molecule has 1 fully saturated rings. The second-order valence-electron chi connectivity index (χ2n) is 10.00. The molecule has 6 rings (SSSR count). The molecule has 198 valence electrons. The lowest BCUT2D eigenvalue weighted by atomic mass is 9.80. The van der Waals surface area contributed by atoms with Crippen LogP contribution in [0.25, 0.3) is 32.2 Å². The molecule has 4 aromatic heterocycles. The van der Waals surface area contributed by atoms with Gasteiger partial charge >= 0.3 is 5.69 Å². The van der Waals surface area contributed by atoms with Crippen LogP contribution < -0.4 is 16.6 Å². The van der Waals surface area contributed by atoms with Gasteiger partial charge in [-0.15, -0.1) is 11.3 Å². The molecule has 0 bridgehead atoms. The monoisotopic (exact) mass is 578 g/mol.